The number of nitrogens with two attached hydrogens (primary N) is 2. The van der Waals surface area contributed by atoms with Crippen molar-refractivity contribution in [3.63, 3.8) is 0 Å². The van der Waals surface area contributed by atoms with Gasteiger partial charge in [-0.25, -0.2) is 0 Å². The van der Waals surface area contributed by atoms with Gasteiger partial charge in [0.1, 0.15) is 0 Å². The Labute approximate surface area is 94.7 Å². The van der Waals surface area contributed by atoms with E-state index in [0.717, 1.165) is 12.8 Å². The molecule has 3 atom stereocenters. The molecule has 1 heterocycles. The largest absolute Gasteiger partial charge is 0.409 e. The molecule has 4 heteroatoms. The van der Waals surface area contributed by atoms with Crippen LogP contribution in [-0.4, -0.2) is 26.0 Å². The molecule has 1 fully saturated rings. The Hall–Kier alpha value is 0.0969. The lowest BCUT2D eigenvalue weighted by Gasteiger charge is -2.50. The molecule has 3 unspecified atom stereocenters. The van der Waals surface area contributed by atoms with Gasteiger partial charge in [-0.3, -0.25) is 0 Å². The van der Waals surface area contributed by atoms with Crippen molar-refractivity contribution >= 4 is 8.32 Å². The zero-order chi connectivity index (χ0) is 11.7. The van der Waals surface area contributed by atoms with Gasteiger partial charge in [-0.2, -0.15) is 0 Å². The topological polar surface area (TPSA) is 61.3 Å². The van der Waals surface area contributed by atoms with Crippen molar-refractivity contribution in [2.24, 2.45) is 11.5 Å². The Morgan fingerprint density at radius 1 is 1.40 bits per heavy atom. The average Bonchev–Trinajstić information content (AvgIpc) is 2.14. The SMILES string of the molecule is CCC(N)C1(C(C)N)CCC[Si](C)(C)O1. The lowest BCUT2D eigenvalue weighted by atomic mass is 9.82. The molecule has 1 aliphatic rings. The van der Waals surface area contributed by atoms with E-state index in [0.29, 0.717) is 0 Å². The summed E-state index contributed by atoms with van der Waals surface area (Å²) < 4.78 is 6.36. The molecule has 0 amide bonds. The minimum atomic E-state index is -1.53. The van der Waals surface area contributed by atoms with Crippen LogP contribution < -0.4 is 11.5 Å². The second-order valence-electron chi connectivity index (χ2n) is 5.47. The smallest absolute Gasteiger partial charge is 0.187 e. The molecule has 0 radical (unpaired) electrons. The lowest BCUT2D eigenvalue weighted by Crippen LogP contribution is -2.65. The maximum atomic E-state index is 6.36. The first-order valence-corrected chi connectivity index (χ1v) is 9.17. The summed E-state index contributed by atoms with van der Waals surface area (Å²) in [5, 5.41) is 0. The fourth-order valence-corrected chi connectivity index (χ4v) is 5.27. The second-order valence-corrected chi connectivity index (χ2v) is 9.70. The van der Waals surface area contributed by atoms with Crippen LogP contribution in [0.25, 0.3) is 0 Å². The maximum Gasteiger partial charge on any atom is 0.187 e. The average molecular weight is 230 g/mol. The van der Waals surface area contributed by atoms with Crippen LogP contribution in [0.4, 0.5) is 0 Å². The predicted molar refractivity (Wildman–Crippen MR) is 67.3 cm³/mol. The molecule has 4 N–H and O–H groups in total. The Morgan fingerprint density at radius 2 is 2.00 bits per heavy atom. The van der Waals surface area contributed by atoms with Gasteiger partial charge in [-0.05, 0) is 38.9 Å². The number of hydrogen-bond acceptors (Lipinski definition) is 3. The van der Waals surface area contributed by atoms with Crippen LogP contribution in [0.2, 0.25) is 19.1 Å². The van der Waals surface area contributed by atoms with Crippen molar-refractivity contribution < 1.29 is 4.43 Å². The summed E-state index contributed by atoms with van der Waals surface area (Å²) in [6.45, 7) is 8.68. The number of rotatable bonds is 3. The third kappa shape index (κ3) is 2.61. The molecular formula is C11H26N2OSi. The number of hydrogen-bond donors (Lipinski definition) is 2. The van der Waals surface area contributed by atoms with E-state index in [1.807, 2.05) is 6.92 Å². The second kappa shape index (κ2) is 4.53. The first-order valence-electron chi connectivity index (χ1n) is 6.05. The van der Waals surface area contributed by atoms with Crippen molar-refractivity contribution in [1.29, 1.82) is 0 Å². The van der Waals surface area contributed by atoms with Gasteiger partial charge in [-0.1, -0.05) is 13.3 Å². The van der Waals surface area contributed by atoms with E-state index in [4.69, 9.17) is 15.9 Å². The molecule has 1 aliphatic heterocycles. The predicted octanol–water partition coefficient (Wildman–Crippen LogP) is 1.83. The lowest BCUT2D eigenvalue weighted by molar-refractivity contribution is -0.0101. The fourth-order valence-electron chi connectivity index (χ4n) is 2.67. The molecule has 1 rings (SSSR count). The highest BCUT2D eigenvalue weighted by atomic mass is 28.4. The zero-order valence-electron chi connectivity index (χ0n) is 10.5. The third-order valence-corrected chi connectivity index (χ3v) is 6.14. The molecule has 0 aromatic heterocycles. The summed E-state index contributed by atoms with van der Waals surface area (Å²) >= 11 is 0. The van der Waals surface area contributed by atoms with Crippen LogP contribution in [0.3, 0.4) is 0 Å². The van der Waals surface area contributed by atoms with Crippen molar-refractivity contribution in [3.05, 3.63) is 0 Å². The van der Waals surface area contributed by atoms with E-state index in [1.165, 1.54) is 12.5 Å². The van der Waals surface area contributed by atoms with Gasteiger partial charge in [0.15, 0.2) is 8.32 Å². The van der Waals surface area contributed by atoms with Crippen LogP contribution in [0.15, 0.2) is 0 Å². The summed E-state index contributed by atoms with van der Waals surface area (Å²) in [5.74, 6) is 0. The Bertz CT molecular complexity index is 221. The normalized spacial score (nSPS) is 34.8. The minimum Gasteiger partial charge on any atom is -0.409 e. The van der Waals surface area contributed by atoms with Gasteiger partial charge in [0.25, 0.3) is 0 Å². The summed E-state index contributed by atoms with van der Waals surface area (Å²) in [6.07, 6.45) is 3.18. The van der Waals surface area contributed by atoms with E-state index in [-0.39, 0.29) is 17.7 Å². The molecule has 1 saturated heterocycles. The standard InChI is InChI=1S/C11H26N2OSi/c1-5-10(13)11(9(2)12)7-6-8-15(3,4)14-11/h9-10H,5-8,12-13H2,1-4H3. The monoisotopic (exact) mass is 230 g/mol. The highest BCUT2D eigenvalue weighted by Crippen LogP contribution is 2.37. The highest BCUT2D eigenvalue weighted by Gasteiger charge is 2.47. The van der Waals surface area contributed by atoms with Crippen molar-refractivity contribution in [1.82, 2.24) is 0 Å². The van der Waals surface area contributed by atoms with Crippen LogP contribution in [0, 0.1) is 0 Å². The first-order chi connectivity index (χ1) is 6.84. The highest BCUT2D eigenvalue weighted by molar-refractivity contribution is 6.71. The van der Waals surface area contributed by atoms with E-state index in [1.54, 1.807) is 0 Å². The zero-order valence-corrected chi connectivity index (χ0v) is 11.5. The maximum absolute atomic E-state index is 6.36. The Balaban J connectivity index is 2.90. The van der Waals surface area contributed by atoms with E-state index in [2.05, 4.69) is 20.0 Å². The third-order valence-electron chi connectivity index (χ3n) is 3.65. The van der Waals surface area contributed by atoms with Crippen LogP contribution in [-0.2, 0) is 4.43 Å². The molecule has 15 heavy (non-hydrogen) atoms. The van der Waals surface area contributed by atoms with E-state index < -0.39 is 8.32 Å². The van der Waals surface area contributed by atoms with E-state index >= 15 is 0 Å². The summed E-state index contributed by atoms with van der Waals surface area (Å²) in [4.78, 5) is 0. The quantitative estimate of drug-likeness (QED) is 0.727. The van der Waals surface area contributed by atoms with Gasteiger partial charge in [-0.15, -0.1) is 0 Å². The molecule has 0 bridgehead atoms. The fraction of sp³-hybridized carbons (Fsp3) is 1.00. The molecule has 0 aliphatic carbocycles. The Morgan fingerprint density at radius 3 is 2.40 bits per heavy atom. The molecule has 0 aromatic rings. The van der Waals surface area contributed by atoms with Crippen LogP contribution >= 0.6 is 0 Å². The summed E-state index contributed by atoms with van der Waals surface area (Å²) in [7, 11) is -1.53. The molecule has 0 aromatic carbocycles. The van der Waals surface area contributed by atoms with Gasteiger partial charge in [0.05, 0.1) is 5.60 Å². The van der Waals surface area contributed by atoms with Gasteiger partial charge in [0, 0.05) is 12.1 Å². The van der Waals surface area contributed by atoms with Gasteiger partial charge >= 0.3 is 0 Å². The molecule has 0 saturated carbocycles. The summed E-state index contributed by atoms with van der Waals surface area (Å²) in [6, 6.07) is 1.34. The van der Waals surface area contributed by atoms with Crippen molar-refractivity contribution in [3.8, 4) is 0 Å². The van der Waals surface area contributed by atoms with Crippen molar-refractivity contribution in [2.75, 3.05) is 0 Å². The molecule has 0 spiro atoms. The van der Waals surface area contributed by atoms with Crippen LogP contribution in [0.1, 0.15) is 33.1 Å². The van der Waals surface area contributed by atoms with Crippen molar-refractivity contribution in [2.45, 2.75) is 69.9 Å². The summed E-state index contributed by atoms with van der Waals surface area (Å²) in [5.41, 5.74) is 12.1. The minimum absolute atomic E-state index is 0.0273. The van der Waals surface area contributed by atoms with Crippen LogP contribution in [0.5, 0.6) is 0 Å². The first kappa shape index (κ1) is 13.2. The molecule has 90 valence electrons. The van der Waals surface area contributed by atoms with Gasteiger partial charge in [0.2, 0.25) is 0 Å². The molecule has 3 nitrogen and oxygen atoms in total. The Kier molecular flexibility index (Phi) is 3.98. The van der Waals surface area contributed by atoms with E-state index in [9.17, 15) is 0 Å². The van der Waals surface area contributed by atoms with Gasteiger partial charge < -0.3 is 15.9 Å². The molecular weight excluding hydrogens is 204 g/mol.